The third-order valence-electron chi connectivity index (χ3n) is 3.32. The molecule has 0 saturated carbocycles. The number of carbonyl (C=O) groups is 2. The first-order chi connectivity index (χ1) is 10.6. The van der Waals surface area contributed by atoms with E-state index in [0.29, 0.717) is 17.1 Å². The lowest BCUT2D eigenvalue weighted by Crippen LogP contribution is -2.33. The van der Waals surface area contributed by atoms with Crippen molar-refractivity contribution in [1.29, 1.82) is 0 Å². The maximum atomic E-state index is 12.3. The molecule has 5 nitrogen and oxygen atoms in total. The Morgan fingerprint density at radius 3 is 1.82 bits per heavy atom. The van der Waals surface area contributed by atoms with Gasteiger partial charge in [-0.05, 0) is 48.6 Å². The molecule has 2 aromatic carbocycles. The van der Waals surface area contributed by atoms with Gasteiger partial charge in [-0.2, -0.15) is 0 Å². The van der Waals surface area contributed by atoms with E-state index in [0.717, 1.165) is 0 Å². The number of para-hydroxylation sites is 1. The summed E-state index contributed by atoms with van der Waals surface area (Å²) >= 11 is 5.32. The van der Waals surface area contributed by atoms with Crippen molar-refractivity contribution < 1.29 is 14.3 Å². The van der Waals surface area contributed by atoms with Crippen molar-refractivity contribution in [3.05, 3.63) is 54.6 Å². The van der Waals surface area contributed by atoms with Gasteiger partial charge in [0.15, 0.2) is 5.11 Å². The zero-order valence-corrected chi connectivity index (χ0v) is 12.5. The lowest BCUT2D eigenvalue weighted by molar-refractivity contribution is -0.133. The quantitative estimate of drug-likeness (QED) is 0.645. The minimum atomic E-state index is -0.668. The average molecular weight is 312 g/mol. The molecule has 2 amide bonds. The van der Waals surface area contributed by atoms with Crippen LogP contribution < -0.4 is 14.5 Å². The van der Waals surface area contributed by atoms with E-state index in [1.165, 1.54) is 9.80 Å². The van der Waals surface area contributed by atoms with E-state index in [2.05, 4.69) is 0 Å². The summed E-state index contributed by atoms with van der Waals surface area (Å²) in [5.41, 5.74) is 1.10. The molecule has 1 aliphatic heterocycles. The second-order valence-electron chi connectivity index (χ2n) is 4.60. The lowest BCUT2D eigenvalue weighted by atomic mass is 10.3. The van der Waals surface area contributed by atoms with Gasteiger partial charge in [0.05, 0.1) is 18.5 Å². The predicted octanol–water partition coefficient (Wildman–Crippen LogP) is 2.36. The number of anilines is 2. The Kier molecular flexibility index (Phi) is 3.60. The highest BCUT2D eigenvalue weighted by molar-refractivity contribution is 7.81. The van der Waals surface area contributed by atoms with Crippen LogP contribution in [0, 0.1) is 0 Å². The van der Waals surface area contributed by atoms with Crippen LogP contribution in [0.15, 0.2) is 54.6 Å². The molecule has 0 aromatic heterocycles. The number of carbonyl (C=O) groups excluding carboxylic acids is 2. The normalized spacial score (nSPS) is 14.7. The maximum Gasteiger partial charge on any atom is 0.323 e. The molecule has 6 heteroatoms. The zero-order chi connectivity index (χ0) is 15.7. The molecule has 1 aliphatic rings. The highest BCUT2D eigenvalue weighted by atomic mass is 32.1. The molecule has 2 aromatic rings. The molecule has 0 spiro atoms. The van der Waals surface area contributed by atoms with Crippen molar-refractivity contribution in [2.45, 2.75) is 0 Å². The average Bonchev–Trinajstić information content (AvgIpc) is 2.78. The number of hydrogen-bond donors (Lipinski definition) is 0. The molecule has 1 heterocycles. The van der Waals surface area contributed by atoms with E-state index in [9.17, 15) is 9.59 Å². The number of benzene rings is 2. The van der Waals surface area contributed by atoms with E-state index in [4.69, 9.17) is 17.0 Å². The van der Waals surface area contributed by atoms with E-state index < -0.39 is 11.8 Å². The molecule has 0 atom stereocenters. The molecule has 0 bridgehead atoms. The van der Waals surface area contributed by atoms with Crippen LogP contribution in [0.5, 0.6) is 5.75 Å². The summed E-state index contributed by atoms with van der Waals surface area (Å²) in [6.45, 7) is 0. The first kappa shape index (κ1) is 14.2. The summed E-state index contributed by atoms with van der Waals surface area (Å²) in [4.78, 5) is 27.0. The van der Waals surface area contributed by atoms with Gasteiger partial charge >= 0.3 is 11.8 Å². The largest absolute Gasteiger partial charge is 0.497 e. The fraction of sp³-hybridized carbons (Fsp3) is 0.0625. The van der Waals surface area contributed by atoms with Gasteiger partial charge in [-0.1, -0.05) is 18.2 Å². The number of rotatable bonds is 3. The van der Waals surface area contributed by atoms with Crippen LogP contribution in [0.25, 0.3) is 0 Å². The standard InChI is InChI=1S/C16H12N2O3S/c1-21-13-9-7-12(8-10-13)18-15(20)14(19)17(16(18)22)11-5-3-2-4-6-11/h2-10H,1H3. The summed E-state index contributed by atoms with van der Waals surface area (Å²) in [7, 11) is 1.56. The van der Waals surface area contributed by atoms with Crippen LogP contribution in [-0.2, 0) is 9.59 Å². The van der Waals surface area contributed by atoms with Crippen molar-refractivity contribution >= 4 is 40.5 Å². The van der Waals surface area contributed by atoms with Gasteiger partial charge in [-0.3, -0.25) is 9.59 Å². The molecule has 0 N–H and O–H groups in total. The van der Waals surface area contributed by atoms with Crippen molar-refractivity contribution in [2.75, 3.05) is 16.9 Å². The van der Waals surface area contributed by atoms with Gasteiger partial charge in [-0.25, -0.2) is 9.80 Å². The van der Waals surface area contributed by atoms with E-state index in [-0.39, 0.29) is 5.11 Å². The van der Waals surface area contributed by atoms with Crippen molar-refractivity contribution in [1.82, 2.24) is 0 Å². The third-order valence-corrected chi connectivity index (χ3v) is 3.68. The first-order valence-corrected chi connectivity index (χ1v) is 6.96. The molecule has 22 heavy (non-hydrogen) atoms. The molecule has 0 unspecified atom stereocenters. The van der Waals surface area contributed by atoms with Crippen LogP contribution in [0.3, 0.4) is 0 Å². The lowest BCUT2D eigenvalue weighted by Gasteiger charge is -2.18. The minimum Gasteiger partial charge on any atom is -0.497 e. The van der Waals surface area contributed by atoms with Crippen LogP contribution in [0.1, 0.15) is 0 Å². The summed E-state index contributed by atoms with van der Waals surface area (Å²) in [6.07, 6.45) is 0. The zero-order valence-electron chi connectivity index (χ0n) is 11.7. The van der Waals surface area contributed by atoms with Gasteiger partial charge in [0.2, 0.25) is 0 Å². The number of nitrogens with zero attached hydrogens (tertiary/aromatic N) is 2. The SMILES string of the molecule is COc1ccc(N2C(=O)C(=O)N(c3ccccc3)C2=S)cc1. The molecule has 1 fully saturated rings. The van der Waals surface area contributed by atoms with Crippen molar-refractivity contribution in [3.63, 3.8) is 0 Å². The number of amides is 2. The molecule has 0 aliphatic carbocycles. The second-order valence-corrected chi connectivity index (χ2v) is 4.96. The predicted molar refractivity (Wildman–Crippen MR) is 87.0 cm³/mol. The Morgan fingerprint density at radius 1 is 0.818 bits per heavy atom. The summed E-state index contributed by atoms with van der Waals surface area (Å²) in [6, 6.07) is 15.6. The summed E-state index contributed by atoms with van der Waals surface area (Å²) < 4.78 is 5.08. The number of ether oxygens (including phenoxy) is 1. The number of hydrogen-bond acceptors (Lipinski definition) is 4. The molecular formula is C16H12N2O3S. The molecular weight excluding hydrogens is 300 g/mol. The number of thiocarbonyl (C=S) groups is 1. The molecule has 110 valence electrons. The van der Waals surface area contributed by atoms with Gasteiger partial charge in [0.25, 0.3) is 0 Å². The second kappa shape index (κ2) is 5.57. The van der Waals surface area contributed by atoms with Gasteiger partial charge in [0, 0.05) is 0 Å². The Balaban J connectivity index is 1.98. The third kappa shape index (κ3) is 2.23. The highest BCUT2D eigenvalue weighted by Gasteiger charge is 2.43. The van der Waals surface area contributed by atoms with Gasteiger partial charge < -0.3 is 4.74 Å². The van der Waals surface area contributed by atoms with E-state index in [1.807, 2.05) is 6.07 Å². The monoisotopic (exact) mass is 312 g/mol. The highest BCUT2D eigenvalue weighted by Crippen LogP contribution is 2.28. The van der Waals surface area contributed by atoms with Crippen molar-refractivity contribution in [3.8, 4) is 5.75 Å². The smallest absolute Gasteiger partial charge is 0.323 e. The molecule has 0 radical (unpaired) electrons. The van der Waals surface area contributed by atoms with Gasteiger partial charge in [-0.15, -0.1) is 0 Å². The summed E-state index contributed by atoms with van der Waals surface area (Å²) in [5, 5.41) is 0.145. The van der Waals surface area contributed by atoms with Crippen LogP contribution >= 0.6 is 12.2 Å². The van der Waals surface area contributed by atoms with Crippen LogP contribution in [0.2, 0.25) is 0 Å². The Bertz CT molecular complexity index is 744. The molecule has 1 saturated heterocycles. The Hall–Kier alpha value is -2.73. The Labute approximate surface area is 132 Å². The topological polar surface area (TPSA) is 49.9 Å². The van der Waals surface area contributed by atoms with E-state index >= 15 is 0 Å². The first-order valence-electron chi connectivity index (χ1n) is 6.55. The maximum absolute atomic E-state index is 12.3. The van der Waals surface area contributed by atoms with Crippen molar-refractivity contribution in [2.24, 2.45) is 0 Å². The minimum absolute atomic E-state index is 0.145. The van der Waals surface area contributed by atoms with Crippen LogP contribution in [0.4, 0.5) is 11.4 Å². The van der Waals surface area contributed by atoms with Crippen LogP contribution in [-0.4, -0.2) is 24.0 Å². The molecule has 3 rings (SSSR count). The fourth-order valence-electron chi connectivity index (χ4n) is 2.23. The van der Waals surface area contributed by atoms with E-state index in [1.54, 1.807) is 55.6 Å². The number of methoxy groups -OCH3 is 1. The fourth-order valence-corrected chi connectivity index (χ4v) is 2.61. The Morgan fingerprint density at radius 2 is 1.32 bits per heavy atom. The van der Waals surface area contributed by atoms with Gasteiger partial charge in [0.1, 0.15) is 5.75 Å². The summed E-state index contributed by atoms with van der Waals surface area (Å²) in [5.74, 6) is -0.668.